The molecule has 2 saturated carbocycles. The summed E-state index contributed by atoms with van der Waals surface area (Å²) >= 11 is 0. The second-order valence-corrected chi connectivity index (χ2v) is 7.36. The van der Waals surface area contributed by atoms with Gasteiger partial charge >= 0.3 is 0 Å². The molecule has 3 fully saturated rings. The minimum Gasteiger partial charge on any atom is -0.368 e. The molecule has 3 unspecified atom stereocenters. The van der Waals surface area contributed by atoms with Crippen LogP contribution in [0.15, 0.2) is 0 Å². The zero-order chi connectivity index (χ0) is 14.9. The van der Waals surface area contributed by atoms with Gasteiger partial charge in [0.25, 0.3) is 0 Å². The molecule has 1 heterocycles. The van der Waals surface area contributed by atoms with Gasteiger partial charge in [0, 0.05) is 12.6 Å². The molecule has 3 aliphatic rings. The van der Waals surface area contributed by atoms with Gasteiger partial charge < -0.3 is 11.1 Å². The molecule has 1 amide bonds. The Labute approximate surface area is 128 Å². The summed E-state index contributed by atoms with van der Waals surface area (Å²) in [5.41, 5.74) is 5.38. The van der Waals surface area contributed by atoms with Gasteiger partial charge in [-0.2, -0.15) is 0 Å². The first-order valence-corrected chi connectivity index (χ1v) is 8.96. The molecule has 120 valence electrons. The maximum Gasteiger partial charge on any atom is 0.239 e. The molecule has 0 radical (unpaired) electrons. The van der Waals surface area contributed by atoms with Crippen LogP contribution in [0.4, 0.5) is 0 Å². The number of carbonyl (C=O) groups excluding carboxylic acids is 1. The van der Waals surface area contributed by atoms with Crippen LogP contribution in [0.2, 0.25) is 0 Å². The molecule has 21 heavy (non-hydrogen) atoms. The molecule has 0 aromatic carbocycles. The van der Waals surface area contributed by atoms with Crippen molar-refractivity contribution < 1.29 is 4.79 Å². The Morgan fingerprint density at radius 1 is 1.19 bits per heavy atom. The highest BCUT2D eigenvalue weighted by Crippen LogP contribution is 2.42. The van der Waals surface area contributed by atoms with Gasteiger partial charge in [0.2, 0.25) is 5.91 Å². The number of likely N-dealkylation sites (tertiary alicyclic amines) is 1. The first kappa shape index (κ1) is 15.3. The van der Waals surface area contributed by atoms with Gasteiger partial charge in [-0.3, -0.25) is 9.69 Å². The van der Waals surface area contributed by atoms with Gasteiger partial charge in [-0.1, -0.05) is 19.8 Å². The number of amides is 1. The third kappa shape index (κ3) is 2.98. The molecule has 3 atom stereocenters. The Kier molecular flexibility index (Phi) is 4.55. The average molecular weight is 293 g/mol. The van der Waals surface area contributed by atoms with E-state index in [0.29, 0.717) is 12.0 Å². The second kappa shape index (κ2) is 6.25. The molecule has 0 aromatic rings. The van der Waals surface area contributed by atoms with E-state index in [0.717, 1.165) is 38.4 Å². The van der Waals surface area contributed by atoms with E-state index < -0.39 is 5.54 Å². The van der Waals surface area contributed by atoms with Crippen molar-refractivity contribution in [2.24, 2.45) is 17.6 Å². The van der Waals surface area contributed by atoms with E-state index >= 15 is 0 Å². The van der Waals surface area contributed by atoms with Crippen molar-refractivity contribution in [1.29, 1.82) is 0 Å². The number of nitrogens with two attached hydrogens (primary N) is 1. The van der Waals surface area contributed by atoms with E-state index in [-0.39, 0.29) is 5.91 Å². The van der Waals surface area contributed by atoms with Crippen LogP contribution in [-0.2, 0) is 4.79 Å². The molecule has 1 saturated heterocycles. The van der Waals surface area contributed by atoms with Crippen LogP contribution in [0.1, 0.15) is 58.3 Å². The highest BCUT2D eigenvalue weighted by atomic mass is 16.1. The van der Waals surface area contributed by atoms with E-state index in [4.69, 9.17) is 5.73 Å². The molecule has 3 rings (SSSR count). The molecule has 4 heteroatoms. The molecule has 2 aliphatic carbocycles. The van der Waals surface area contributed by atoms with Crippen LogP contribution in [-0.4, -0.2) is 42.0 Å². The zero-order valence-electron chi connectivity index (χ0n) is 13.4. The topological polar surface area (TPSA) is 58.4 Å². The molecule has 4 nitrogen and oxygen atoms in total. The van der Waals surface area contributed by atoms with Gasteiger partial charge in [0.1, 0.15) is 5.54 Å². The summed E-state index contributed by atoms with van der Waals surface area (Å²) in [6, 6.07) is 0.698. The number of rotatable bonds is 6. The highest BCUT2D eigenvalue weighted by molar-refractivity contribution is 5.86. The smallest absolute Gasteiger partial charge is 0.239 e. The lowest BCUT2D eigenvalue weighted by Gasteiger charge is -2.47. The largest absolute Gasteiger partial charge is 0.368 e. The Morgan fingerprint density at radius 3 is 2.57 bits per heavy atom. The van der Waals surface area contributed by atoms with Crippen molar-refractivity contribution in [2.45, 2.75) is 69.9 Å². The van der Waals surface area contributed by atoms with E-state index in [1.54, 1.807) is 0 Å². The standard InChI is InChI=1S/C17H31N3O/c1-2-19-17(16(18)21,14-9-10-14)12-20-11-5-7-13-6-3-4-8-15(13)20/h13-15,19H,2-12H2,1H3,(H2,18,21). The van der Waals surface area contributed by atoms with E-state index in [1.807, 2.05) is 0 Å². The number of carbonyl (C=O) groups is 1. The number of nitrogens with one attached hydrogen (secondary N) is 1. The normalized spacial score (nSPS) is 33.2. The van der Waals surface area contributed by atoms with Crippen LogP contribution < -0.4 is 11.1 Å². The lowest BCUT2D eigenvalue weighted by molar-refractivity contribution is -0.127. The maximum absolute atomic E-state index is 12.3. The van der Waals surface area contributed by atoms with E-state index in [1.165, 1.54) is 38.5 Å². The van der Waals surface area contributed by atoms with Crippen LogP contribution in [0.25, 0.3) is 0 Å². The number of likely N-dealkylation sites (N-methyl/N-ethyl adjacent to an activating group) is 1. The third-order valence-corrected chi connectivity index (χ3v) is 6.02. The average Bonchev–Trinajstić information content (AvgIpc) is 3.32. The quantitative estimate of drug-likeness (QED) is 0.786. The van der Waals surface area contributed by atoms with Gasteiger partial charge in [-0.25, -0.2) is 0 Å². The summed E-state index contributed by atoms with van der Waals surface area (Å²) in [5.74, 6) is 1.18. The lowest BCUT2D eigenvalue weighted by atomic mass is 9.77. The van der Waals surface area contributed by atoms with E-state index in [2.05, 4.69) is 17.1 Å². The summed E-state index contributed by atoms with van der Waals surface area (Å²) in [5, 5.41) is 3.48. The fraction of sp³-hybridized carbons (Fsp3) is 0.941. The van der Waals surface area contributed by atoms with Crippen molar-refractivity contribution >= 4 is 5.91 Å². The van der Waals surface area contributed by atoms with Gasteiger partial charge in [-0.05, 0) is 63.5 Å². The van der Waals surface area contributed by atoms with Gasteiger partial charge in [0.15, 0.2) is 0 Å². The monoisotopic (exact) mass is 293 g/mol. The van der Waals surface area contributed by atoms with Crippen LogP contribution in [0, 0.1) is 11.8 Å². The maximum atomic E-state index is 12.3. The van der Waals surface area contributed by atoms with Crippen molar-refractivity contribution in [3.8, 4) is 0 Å². The second-order valence-electron chi connectivity index (χ2n) is 7.36. The Balaban J connectivity index is 1.76. The zero-order valence-corrected chi connectivity index (χ0v) is 13.4. The first-order chi connectivity index (χ1) is 10.2. The fourth-order valence-corrected chi connectivity index (χ4v) is 4.83. The number of hydrogen-bond donors (Lipinski definition) is 2. The summed E-state index contributed by atoms with van der Waals surface area (Å²) in [6.07, 6.45) is 10.4. The molecule has 1 aliphatic heterocycles. The van der Waals surface area contributed by atoms with Crippen molar-refractivity contribution in [3.63, 3.8) is 0 Å². The highest BCUT2D eigenvalue weighted by Gasteiger charge is 2.51. The van der Waals surface area contributed by atoms with Crippen molar-refractivity contribution in [3.05, 3.63) is 0 Å². The summed E-state index contributed by atoms with van der Waals surface area (Å²) < 4.78 is 0. The van der Waals surface area contributed by atoms with Crippen molar-refractivity contribution in [1.82, 2.24) is 10.2 Å². The Hall–Kier alpha value is -0.610. The molecule has 0 spiro atoms. The molecule has 0 bridgehead atoms. The summed E-state index contributed by atoms with van der Waals surface area (Å²) in [4.78, 5) is 14.9. The number of nitrogens with zero attached hydrogens (tertiary/aromatic N) is 1. The Bertz CT molecular complexity index is 380. The van der Waals surface area contributed by atoms with Crippen LogP contribution >= 0.6 is 0 Å². The molecule has 3 N–H and O–H groups in total. The minimum atomic E-state index is -0.478. The van der Waals surface area contributed by atoms with Gasteiger partial charge in [0.05, 0.1) is 0 Å². The molecular formula is C17H31N3O. The first-order valence-electron chi connectivity index (χ1n) is 8.96. The molecular weight excluding hydrogens is 262 g/mol. The number of hydrogen-bond acceptors (Lipinski definition) is 3. The number of piperidine rings is 1. The summed E-state index contributed by atoms with van der Waals surface area (Å²) in [7, 11) is 0. The van der Waals surface area contributed by atoms with Crippen LogP contribution in [0.5, 0.6) is 0 Å². The lowest BCUT2D eigenvalue weighted by Crippen LogP contribution is -2.65. The van der Waals surface area contributed by atoms with E-state index in [9.17, 15) is 4.79 Å². The van der Waals surface area contributed by atoms with Gasteiger partial charge in [-0.15, -0.1) is 0 Å². The third-order valence-electron chi connectivity index (χ3n) is 6.02. The summed E-state index contributed by atoms with van der Waals surface area (Å²) in [6.45, 7) is 4.89. The predicted octanol–water partition coefficient (Wildman–Crippen LogP) is 1.88. The SMILES string of the molecule is CCNC(CN1CCCC2CCCCC21)(C(N)=O)C1CC1. The fourth-order valence-electron chi connectivity index (χ4n) is 4.83. The minimum absolute atomic E-state index is 0.134. The Morgan fingerprint density at radius 2 is 1.90 bits per heavy atom. The molecule has 0 aromatic heterocycles. The van der Waals surface area contributed by atoms with Crippen LogP contribution in [0.3, 0.4) is 0 Å². The number of primary amides is 1. The predicted molar refractivity (Wildman–Crippen MR) is 84.9 cm³/mol. The number of fused-ring (bicyclic) bond motifs is 1. The van der Waals surface area contributed by atoms with Crippen molar-refractivity contribution in [2.75, 3.05) is 19.6 Å².